The summed E-state index contributed by atoms with van der Waals surface area (Å²) in [6.07, 6.45) is 5.41. The number of nitrogens with zero attached hydrogens (tertiary/aromatic N) is 1. The second kappa shape index (κ2) is 2.36. The summed E-state index contributed by atoms with van der Waals surface area (Å²) in [6, 6.07) is 2.07. The summed E-state index contributed by atoms with van der Waals surface area (Å²) in [6.45, 7) is 0. The molecular formula is C7H8N2. The van der Waals surface area contributed by atoms with E-state index in [2.05, 4.69) is 6.07 Å². The van der Waals surface area contributed by atoms with Gasteiger partial charge in [-0.05, 0) is 18.9 Å². The van der Waals surface area contributed by atoms with Gasteiger partial charge < -0.3 is 5.73 Å². The summed E-state index contributed by atoms with van der Waals surface area (Å²) in [4.78, 5) is 0. The summed E-state index contributed by atoms with van der Waals surface area (Å²) in [7, 11) is 0. The van der Waals surface area contributed by atoms with Gasteiger partial charge in [0.05, 0.1) is 6.07 Å². The van der Waals surface area contributed by atoms with Crippen molar-refractivity contribution in [2.45, 2.75) is 12.8 Å². The van der Waals surface area contributed by atoms with E-state index in [0.29, 0.717) is 0 Å². The lowest BCUT2D eigenvalue weighted by Crippen LogP contribution is -1.98. The van der Waals surface area contributed by atoms with Gasteiger partial charge in [0.1, 0.15) is 0 Å². The monoisotopic (exact) mass is 120 g/mol. The van der Waals surface area contributed by atoms with Crippen LogP contribution in [0.25, 0.3) is 0 Å². The van der Waals surface area contributed by atoms with E-state index in [9.17, 15) is 0 Å². The van der Waals surface area contributed by atoms with Gasteiger partial charge in [-0.2, -0.15) is 5.26 Å². The average molecular weight is 120 g/mol. The fraction of sp³-hybridized carbons (Fsp3) is 0.286. The van der Waals surface area contributed by atoms with E-state index in [1.165, 1.54) is 0 Å². The lowest BCUT2D eigenvalue weighted by molar-refractivity contribution is 0.971. The van der Waals surface area contributed by atoms with Crippen LogP contribution in [0.4, 0.5) is 0 Å². The van der Waals surface area contributed by atoms with Crippen molar-refractivity contribution >= 4 is 0 Å². The molecular weight excluding hydrogens is 112 g/mol. The van der Waals surface area contributed by atoms with E-state index in [1.54, 1.807) is 6.08 Å². The second-order valence-corrected chi connectivity index (χ2v) is 2.02. The highest BCUT2D eigenvalue weighted by molar-refractivity contribution is 5.33. The van der Waals surface area contributed by atoms with E-state index >= 15 is 0 Å². The molecule has 0 bridgehead atoms. The highest BCUT2D eigenvalue weighted by Crippen LogP contribution is 2.12. The molecule has 1 aliphatic rings. The second-order valence-electron chi connectivity index (χ2n) is 2.02. The number of allylic oxidation sites excluding steroid dienone is 3. The molecule has 0 unspecified atom stereocenters. The maximum atomic E-state index is 8.41. The van der Waals surface area contributed by atoms with Crippen LogP contribution in [0.1, 0.15) is 12.8 Å². The zero-order valence-electron chi connectivity index (χ0n) is 5.09. The molecule has 0 saturated carbocycles. The quantitative estimate of drug-likeness (QED) is 0.520. The molecule has 0 saturated heterocycles. The van der Waals surface area contributed by atoms with Crippen molar-refractivity contribution in [3.8, 4) is 6.07 Å². The summed E-state index contributed by atoms with van der Waals surface area (Å²) < 4.78 is 0. The third kappa shape index (κ3) is 1.33. The first-order chi connectivity index (χ1) is 4.33. The van der Waals surface area contributed by atoms with Gasteiger partial charge in [0, 0.05) is 11.3 Å². The first-order valence-electron chi connectivity index (χ1n) is 2.89. The van der Waals surface area contributed by atoms with Gasteiger partial charge >= 0.3 is 0 Å². The lowest BCUT2D eigenvalue weighted by Gasteiger charge is -2.02. The Morgan fingerprint density at radius 1 is 1.67 bits per heavy atom. The Morgan fingerprint density at radius 2 is 2.44 bits per heavy atom. The van der Waals surface area contributed by atoms with Crippen LogP contribution in [-0.2, 0) is 0 Å². The standard InChI is InChI=1S/C7H8N2/c8-5-6-2-1-3-7(9)4-6/h3-4H,1-2,9H2. The number of hydrogen-bond donors (Lipinski definition) is 1. The van der Waals surface area contributed by atoms with Crippen molar-refractivity contribution in [2.75, 3.05) is 0 Å². The molecule has 0 aromatic carbocycles. The van der Waals surface area contributed by atoms with Crippen LogP contribution < -0.4 is 5.73 Å². The maximum absolute atomic E-state index is 8.41. The Morgan fingerprint density at radius 3 is 2.89 bits per heavy atom. The number of rotatable bonds is 0. The minimum absolute atomic E-state index is 0.720. The van der Waals surface area contributed by atoms with Crippen LogP contribution >= 0.6 is 0 Å². The summed E-state index contributed by atoms with van der Waals surface area (Å²) in [5, 5.41) is 8.41. The zero-order valence-corrected chi connectivity index (χ0v) is 5.09. The number of nitriles is 1. The van der Waals surface area contributed by atoms with E-state index < -0.39 is 0 Å². The average Bonchev–Trinajstić information content (AvgIpc) is 1.88. The molecule has 0 aromatic heterocycles. The van der Waals surface area contributed by atoms with Crippen LogP contribution in [-0.4, -0.2) is 0 Å². The maximum Gasteiger partial charge on any atom is 0.0947 e. The highest BCUT2D eigenvalue weighted by atomic mass is 14.6. The van der Waals surface area contributed by atoms with Gasteiger partial charge in [0.2, 0.25) is 0 Å². The van der Waals surface area contributed by atoms with Crippen molar-refractivity contribution in [2.24, 2.45) is 5.73 Å². The Balaban J connectivity index is 2.78. The molecule has 0 radical (unpaired) electrons. The van der Waals surface area contributed by atoms with Crippen molar-refractivity contribution in [1.29, 1.82) is 5.26 Å². The highest BCUT2D eigenvalue weighted by Gasteiger charge is 1.99. The van der Waals surface area contributed by atoms with E-state index in [1.807, 2.05) is 6.08 Å². The molecule has 1 rings (SSSR count). The van der Waals surface area contributed by atoms with Crippen molar-refractivity contribution < 1.29 is 0 Å². The van der Waals surface area contributed by atoms with Gasteiger partial charge in [0.15, 0.2) is 0 Å². The predicted octanol–water partition coefficient (Wildman–Crippen LogP) is 1.07. The third-order valence-corrected chi connectivity index (χ3v) is 1.28. The summed E-state index contributed by atoms with van der Waals surface area (Å²) in [5.41, 5.74) is 6.94. The zero-order chi connectivity index (χ0) is 6.69. The fourth-order valence-electron chi connectivity index (χ4n) is 0.815. The van der Waals surface area contributed by atoms with E-state index in [-0.39, 0.29) is 0 Å². The van der Waals surface area contributed by atoms with Gasteiger partial charge in [-0.3, -0.25) is 0 Å². The normalized spacial score (nSPS) is 17.7. The van der Waals surface area contributed by atoms with Crippen LogP contribution in [0.5, 0.6) is 0 Å². The molecule has 0 spiro atoms. The Bertz CT molecular complexity index is 205. The fourth-order valence-corrected chi connectivity index (χ4v) is 0.815. The van der Waals surface area contributed by atoms with Gasteiger partial charge in [-0.25, -0.2) is 0 Å². The largest absolute Gasteiger partial charge is 0.399 e. The molecule has 0 atom stereocenters. The Kier molecular flexibility index (Phi) is 1.55. The van der Waals surface area contributed by atoms with Crippen molar-refractivity contribution in [3.63, 3.8) is 0 Å². The Labute approximate surface area is 54.3 Å². The van der Waals surface area contributed by atoms with Crippen molar-refractivity contribution in [3.05, 3.63) is 23.4 Å². The predicted molar refractivity (Wildman–Crippen MR) is 35.2 cm³/mol. The first-order valence-corrected chi connectivity index (χ1v) is 2.89. The van der Waals surface area contributed by atoms with Gasteiger partial charge in [0.25, 0.3) is 0 Å². The minimum Gasteiger partial charge on any atom is -0.399 e. The molecule has 0 amide bonds. The SMILES string of the molecule is N#CC1=CC(N)=CCC1. The molecule has 0 aliphatic heterocycles. The smallest absolute Gasteiger partial charge is 0.0947 e. The van der Waals surface area contributed by atoms with Crippen LogP contribution in [0.2, 0.25) is 0 Å². The summed E-state index contributed by atoms with van der Waals surface area (Å²) >= 11 is 0. The molecule has 2 heteroatoms. The number of hydrogen-bond acceptors (Lipinski definition) is 2. The van der Waals surface area contributed by atoms with E-state index in [4.69, 9.17) is 11.0 Å². The van der Waals surface area contributed by atoms with Crippen LogP contribution in [0, 0.1) is 11.3 Å². The van der Waals surface area contributed by atoms with Gasteiger partial charge in [-0.15, -0.1) is 0 Å². The Hall–Kier alpha value is -1.23. The van der Waals surface area contributed by atoms with Gasteiger partial charge in [-0.1, -0.05) is 6.08 Å². The molecule has 2 nitrogen and oxygen atoms in total. The molecule has 0 heterocycles. The molecule has 0 aromatic rings. The topological polar surface area (TPSA) is 49.8 Å². The molecule has 0 fully saturated rings. The lowest BCUT2D eigenvalue weighted by atomic mass is 10.1. The summed E-state index contributed by atoms with van der Waals surface area (Å²) in [5.74, 6) is 0. The van der Waals surface area contributed by atoms with Crippen LogP contribution in [0.3, 0.4) is 0 Å². The molecule has 1 aliphatic carbocycles. The minimum atomic E-state index is 0.720. The van der Waals surface area contributed by atoms with E-state index in [0.717, 1.165) is 24.1 Å². The van der Waals surface area contributed by atoms with Crippen LogP contribution in [0.15, 0.2) is 23.4 Å². The van der Waals surface area contributed by atoms with Crippen molar-refractivity contribution in [1.82, 2.24) is 0 Å². The number of nitrogens with two attached hydrogens (primary N) is 1. The first kappa shape index (κ1) is 5.90. The molecule has 9 heavy (non-hydrogen) atoms. The molecule has 46 valence electrons. The molecule has 2 N–H and O–H groups in total. The third-order valence-electron chi connectivity index (χ3n) is 1.28.